The molecule has 0 unspecified atom stereocenters. The van der Waals surface area contributed by atoms with Crippen LogP contribution in [0.2, 0.25) is 5.02 Å². The largest absolute Gasteiger partial charge is 0.457 e. The molecule has 2 N–H and O–H groups in total. The molecule has 0 amide bonds. The number of hydrogen-bond acceptors (Lipinski definition) is 3. The second-order valence-electron chi connectivity index (χ2n) is 4.11. The van der Waals surface area contributed by atoms with E-state index < -0.39 is 0 Å². The smallest absolute Gasteiger partial charge is 0.136 e. The van der Waals surface area contributed by atoms with E-state index in [9.17, 15) is 0 Å². The highest BCUT2D eigenvalue weighted by molar-refractivity contribution is 6.30. The number of aromatic nitrogens is 1. The minimum atomic E-state index is 0.638. The molecule has 0 bridgehead atoms. The Balaban J connectivity index is 2.06. The van der Waals surface area contributed by atoms with Crippen LogP contribution in [-0.4, -0.2) is 4.98 Å². The molecule has 1 heterocycles. The monoisotopic (exact) mass is 270 g/mol. The van der Waals surface area contributed by atoms with Crippen molar-refractivity contribution in [3.05, 3.63) is 59.8 Å². The topological polar surface area (TPSA) is 48.1 Å². The lowest BCUT2D eigenvalue weighted by molar-refractivity contribution is 0.488. The van der Waals surface area contributed by atoms with Gasteiger partial charge >= 0.3 is 0 Å². The van der Waals surface area contributed by atoms with Gasteiger partial charge in [-0.25, -0.2) is 0 Å². The maximum absolute atomic E-state index is 5.90. The van der Waals surface area contributed by atoms with Crippen molar-refractivity contribution >= 4 is 28.2 Å². The van der Waals surface area contributed by atoms with Crippen LogP contribution in [0.5, 0.6) is 11.5 Å². The minimum absolute atomic E-state index is 0.638. The Morgan fingerprint density at radius 1 is 1.00 bits per heavy atom. The number of ether oxygens (including phenoxy) is 1. The minimum Gasteiger partial charge on any atom is -0.457 e. The van der Waals surface area contributed by atoms with E-state index in [2.05, 4.69) is 4.98 Å². The molecule has 0 aliphatic rings. The summed E-state index contributed by atoms with van der Waals surface area (Å²) >= 11 is 5.85. The predicted molar refractivity (Wildman–Crippen MR) is 77.7 cm³/mol. The highest BCUT2D eigenvalue weighted by atomic mass is 35.5. The zero-order valence-electron chi connectivity index (χ0n) is 10.0. The van der Waals surface area contributed by atoms with Gasteiger partial charge in [-0.1, -0.05) is 11.6 Å². The molecule has 0 saturated carbocycles. The van der Waals surface area contributed by atoms with Gasteiger partial charge in [-0.15, -0.1) is 0 Å². The van der Waals surface area contributed by atoms with E-state index in [0.717, 1.165) is 22.4 Å². The number of fused-ring (bicyclic) bond motifs is 1. The molecule has 0 spiro atoms. The highest BCUT2D eigenvalue weighted by Gasteiger charge is 2.06. The van der Waals surface area contributed by atoms with Gasteiger partial charge in [0.05, 0.1) is 11.2 Å². The first-order valence-corrected chi connectivity index (χ1v) is 6.18. The van der Waals surface area contributed by atoms with Crippen LogP contribution in [0.1, 0.15) is 0 Å². The lowest BCUT2D eigenvalue weighted by Gasteiger charge is -2.09. The van der Waals surface area contributed by atoms with Gasteiger partial charge in [0.15, 0.2) is 0 Å². The van der Waals surface area contributed by atoms with Crippen LogP contribution in [-0.2, 0) is 0 Å². The van der Waals surface area contributed by atoms with Gasteiger partial charge in [-0.2, -0.15) is 0 Å². The molecule has 0 aliphatic carbocycles. The summed E-state index contributed by atoms with van der Waals surface area (Å²) < 4.78 is 5.85. The number of halogens is 1. The molecule has 1 aromatic heterocycles. The van der Waals surface area contributed by atoms with Crippen molar-refractivity contribution in [1.29, 1.82) is 0 Å². The van der Waals surface area contributed by atoms with Gasteiger partial charge in [0.25, 0.3) is 0 Å². The standard InChI is InChI=1S/C15H11ClN2O/c16-10-3-5-11(6-4-10)19-14-8-7-13(17)15-12(14)2-1-9-18-15/h1-9H,17H2. The van der Waals surface area contributed by atoms with Crippen molar-refractivity contribution < 1.29 is 4.74 Å². The van der Waals surface area contributed by atoms with Crippen molar-refractivity contribution in [2.24, 2.45) is 0 Å². The molecule has 4 heteroatoms. The summed E-state index contributed by atoms with van der Waals surface area (Å²) in [7, 11) is 0. The van der Waals surface area contributed by atoms with Gasteiger partial charge < -0.3 is 10.5 Å². The average Bonchev–Trinajstić information content (AvgIpc) is 2.45. The van der Waals surface area contributed by atoms with Crippen LogP contribution < -0.4 is 10.5 Å². The third-order valence-corrected chi connectivity index (χ3v) is 3.05. The van der Waals surface area contributed by atoms with Crippen LogP contribution in [0.25, 0.3) is 10.9 Å². The first-order valence-electron chi connectivity index (χ1n) is 5.81. The number of anilines is 1. The fourth-order valence-electron chi connectivity index (χ4n) is 1.89. The zero-order chi connectivity index (χ0) is 13.2. The van der Waals surface area contributed by atoms with Crippen molar-refractivity contribution in [2.75, 3.05) is 5.73 Å². The van der Waals surface area contributed by atoms with Crippen molar-refractivity contribution in [1.82, 2.24) is 4.98 Å². The van der Waals surface area contributed by atoms with E-state index >= 15 is 0 Å². The lowest BCUT2D eigenvalue weighted by Crippen LogP contribution is -1.92. The first-order chi connectivity index (χ1) is 9.24. The van der Waals surface area contributed by atoms with Crippen LogP contribution in [0, 0.1) is 0 Å². The molecule has 94 valence electrons. The van der Waals surface area contributed by atoms with E-state index in [4.69, 9.17) is 22.1 Å². The number of nitrogen functional groups attached to an aromatic ring is 1. The SMILES string of the molecule is Nc1ccc(Oc2ccc(Cl)cc2)c2cccnc12. The predicted octanol–water partition coefficient (Wildman–Crippen LogP) is 4.26. The second-order valence-corrected chi connectivity index (χ2v) is 4.54. The number of hydrogen-bond donors (Lipinski definition) is 1. The van der Waals surface area contributed by atoms with Crippen LogP contribution in [0.15, 0.2) is 54.7 Å². The highest BCUT2D eigenvalue weighted by Crippen LogP contribution is 2.32. The molecule has 2 aromatic carbocycles. The summed E-state index contributed by atoms with van der Waals surface area (Å²) in [5.41, 5.74) is 7.29. The third-order valence-electron chi connectivity index (χ3n) is 2.80. The number of nitrogens with two attached hydrogens (primary N) is 1. The Hall–Kier alpha value is -2.26. The molecule has 0 fully saturated rings. The Bertz CT molecular complexity index is 726. The summed E-state index contributed by atoms with van der Waals surface area (Å²) in [5, 5.41) is 1.56. The fraction of sp³-hybridized carbons (Fsp3) is 0. The summed E-state index contributed by atoms with van der Waals surface area (Å²) in [6.45, 7) is 0. The summed E-state index contributed by atoms with van der Waals surface area (Å²) in [6.07, 6.45) is 1.71. The van der Waals surface area contributed by atoms with E-state index in [0.29, 0.717) is 10.7 Å². The molecule has 3 nitrogen and oxygen atoms in total. The molecular weight excluding hydrogens is 260 g/mol. The normalized spacial score (nSPS) is 10.6. The van der Waals surface area contributed by atoms with E-state index in [1.165, 1.54) is 0 Å². The van der Waals surface area contributed by atoms with Crippen LogP contribution in [0.3, 0.4) is 0 Å². The quantitative estimate of drug-likeness (QED) is 0.708. The number of pyridine rings is 1. The van der Waals surface area contributed by atoms with Gasteiger partial charge in [0.2, 0.25) is 0 Å². The van der Waals surface area contributed by atoms with E-state index in [1.54, 1.807) is 24.4 Å². The molecular formula is C15H11ClN2O. The summed E-state index contributed by atoms with van der Waals surface area (Å²) in [6, 6.07) is 14.6. The Morgan fingerprint density at radius 2 is 1.79 bits per heavy atom. The number of rotatable bonds is 2. The van der Waals surface area contributed by atoms with E-state index in [1.807, 2.05) is 30.3 Å². The second kappa shape index (κ2) is 4.78. The van der Waals surface area contributed by atoms with Crippen molar-refractivity contribution in [3.63, 3.8) is 0 Å². The van der Waals surface area contributed by atoms with Crippen LogP contribution in [0.4, 0.5) is 5.69 Å². The molecule has 0 radical (unpaired) electrons. The molecule has 0 atom stereocenters. The van der Waals surface area contributed by atoms with Gasteiger partial charge in [-0.3, -0.25) is 4.98 Å². The van der Waals surface area contributed by atoms with Gasteiger partial charge in [-0.05, 0) is 48.5 Å². The van der Waals surface area contributed by atoms with Crippen molar-refractivity contribution in [2.45, 2.75) is 0 Å². The Kier molecular flexibility index (Phi) is 2.97. The third kappa shape index (κ3) is 2.33. The Labute approximate surface area is 115 Å². The molecule has 0 aliphatic heterocycles. The molecule has 3 rings (SSSR count). The maximum atomic E-state index is 5.90. The van der Waals surface area contributed by atoms with Gasteiger partial charge in [0.1, 0.15) is 11.5 Å². The van der Waals surface area contributed by atoms with Crippen molar-refractivity contribution in [3.8, 4) is 11.5 Å². The molecule has 19 heavy (non-hydrogen) atoms. The average molecular weight is 271 g/mol. The summed E-state index contributed by atoms with van der Waals surface area (Å²) in [4.78, 5) is 4.27. The maximum Gasteiger partial charge on any atom is 0.136 e. The lowest BCUT2D eigenvalue weighted by atomic mass is 10.1. The summed E-state index contributed by atoms with van der Waals surface area (Å²) in [5.74, 6) is 1.44. The number of nitrogens with zero attached hydrogens (tertiary/aromatic N) is 1. The molecule has 0 saturated heterocycles. The van der Waals surface area contributed by atoms with Crippen LogP contribution >= 0.6 is 11.6 Å². The Morgan fingerprint density at radius 3 is 2.58 bits per heavy atom. The van der Waals surface area contributed by atoms with Gasteiger partial charge in [0, 0.05) is 16.6 Å². The first kappa shape index (κ1) is 11.8. The van der Waals surface area contributed by atoms with E-state index in [-0.39, 0.29) is 0 Å². The zero-order valence-corrected chi connectivity index (χ0v) is 10.8. The fourth-order valence-corrected chi connectivity index (χ4v) is 2.01. The number of benzene rings is 2. The molecule has 3 aromatic rings.